The molecule has 1 heterocycles. The van der Waals surface area contributed by atoms with Crippen LogP contribution in [-0.4, -0.2) is 40.6 Å². The van der Waals surface area contributed by atoms with Crippen LogP contribution in [0.15, 0.2) is 24.4 Å². The van der Waals surface area contributed by atoms with Crippen LogP contribution in [0.2, 0.25) is 0 Å². The molecule has 1 aliphatic rings. The first-order chi connectivity index (χ1) is 8.72. The van der Waals surface area contributed by atoms with Gasteiger partial charge in [0.15, 0.2) is 0 Å². The van der Waals surface area contributed by atoms with Crippen molar-refractivity contribution in [3.05, 3.63) is 30.1 Å². The van der Waals surface area contributed by atoms with Gasteiger partial charge in [0, 0.05) is 25.9 Å². The fraction of sp³-hybridized carbons (Fsp3) is 0.571. The number of carbonyl (C=O) groups is 1. The Bertz CT molecular complexity index is 386. The predicted molar refractivity (Wildman–Crippen MR) is 69.2 cm³/mol. The Morgan fingerprint density at radius 2 is 2.11 bits per heavy atom. The van der Waals surface area contributed by atoms with Gasteiger partial charge in [-0.3, -0.25) is 9.78 Å². The molecule has 0 radical (unpaired) electrons. The molecule has 1 saturated carbocycles. The summed E-state index contributed by atoms with van der Waals surface area (Å²) in [5.41, 5.74) is 0.504. The van der Waals surface area contributed by atoms with Gasteiger partial charge in [0.1, 0.15) is 5.69 Å². The van der Waals surface area contributed by atoms with Crippen LogP contribution in [0.4, 0.5) is 0 Å². The Labute approximate surface area is 108 Å². The van der Waals surface area contributed by atoms with E-state index in [2.05, 4.69) is 4.98 Å². The lowest BCUT2D eigenvalue weighted by Crippen LogP contribution is -2.40. The molecular weight excluding hydrogens is 228 g/mol. The van der Waals surface area contributed by atoms with Crippen LogP contribution in [0.3, 0.4) is 0 Å². The molecule has 98 valence electrons. The second kappa shape index (κ2) is 5.96. The smallest absolute Gasteiger partial charge is 0.272 e. The standard InChI is InChI=1S/C14H20N2O2/c1-16(12-7-5-11(10-17)6-8-12)14(18)13-4-2-3-9-15-13/h2-4,9,11-12,17H,5-8,10H2,1H3. The lowest BCUT2D eigenvalue weighted by atomic mass is 9.86. The van der Waals surface area contributed by atoms with Gasteiger partial charge in [-0.15, -0.1) is 0 Å². The molecule has 1 aliphatic carbocycles. The highest BCUT2D eigenvalue weighted by Gasteiger charge is 2.26. The van der Waals surface area contributed by atoms with Crippen LogP contribution in [0.25, 0.3) is 0 Å². The van der Waals surface area contributed by atoms with E-state index in [1.54, 1.807) is 17.2 Å². The van der Waals surface area contributed by atoms with Crippen molar-refractivity contribution in [2.24, 2.45) is 5.92 Å². The average molecular weight is 248 g/mol. The van der Waals surface area contributed by atoms with Crippen LogP contribution in [0.1, 0.15) is 36.2 Å². The maximum atomic E-state index is 12.2. The van der Waals surface area contributed by atoms with Crippen molar-refractivity contribution in [1.29, 1.82) is 0 Å². The molecule has 1 aromatic heterocycles. The van der Waals surface area contributed by atoms with Crippen molar-refractivity contribution in [3.63, 3.8) is 0 Å². The van der Waals surface area contributed by atoms with Gasteiger partial charge in [0.2, 0.25) is 0 Å². The molecule has 0 bridgehead atoms. The van der Waals surface area contributed by atoms with E-state index in [4.69, 9.17) is 5.11 Å². The Balaban J connectivity index is 1.96. The van der Waals surface area contributed by atoms with Gasteiger partial charge in [0.25, 0.3) is 5.91 Å². The predicted octanol–water partition coefficient (Wildman–Crippen LogP) is 1.70. The Kier molecular flexibility index (Phi) is 4.31. The van der Waals surface area contributed by atoms with E-state index in [9.17, 15) is 4.79 Å². The van der Waals surface area contributed by atoms with Gasteiger partial charge in [-0.2, -0.15) is 0 Å². The first-order valence-corrected chi connectivity index (χ1v) is 6.51. The minimum absolute atomic E-state index is 0.0111. The van der Waals surface area contributed by atoms with Crippen LogP contribution in [0.5, 0.6) is 0 Å². The number of aromatic nitrogens is 1. The second-order valence-corrected chi connectivity index (χ2v) is 4.99. The molecule has 0 unspecified atom stereocenters. The van der Waals surface area contributed by atoms with Crippen LogP contribution >= 0.6 is 0 Å². The zero-order valence-electron chi connectivity index (χ0n) is 10.7. The Hall–Kier alpha value is -1.42. The number of nitrogens with zero attached hydrogens (tertiary/aromatic N) is 2. The third kappa shape index (κ3) is 2.88. The number of aliphatic hydroxyl groups is 1. The van der Waals surface area contributed by atoms with Crippen molar-refractivity contribution in [3.8, 4) is 0 Å². The summed E-state index contributed by atoms with van der Waals surface area (Å²) >= 11 is 0. The fourth-order valence-corrected chi connectivity index (χ4v) is 2.55. The highest BCUT2D eigenvalue weighted by Crippen LogP contribution is 2.27. The zero-order valence-corrected chi connectivity index (χ0v) is 10.7. The molecule has 18 heavy (non-hydrogen) atoms. The number of pyridine rings is 1. The molecule has 0 saturated heterocycles. The van der Waals surface area contributed by atoms with E-state index in [0.29, 0.717) is 11.6 Å². The SMILES string of the molecule is CN(C(=O)c1ccccn1)C1CCC(CO)CC1. The zero-order chi connectivity index (χ0) is 13.0. The van der Waals surface area contributed by atoms with Gasteiger partial charge in [0.05, 0.1) is 0 Å². The lowest BCUT2D eigenvalue weighted by molar-refractivity contribution is 0.0647. The lowest BCUT2D eigenvalue weighted by Gasteiger charge is -2.34. The van der Waals surface area contributed by atoms with E-state index in [0.717, 1.165) is 25.7 Å². The minimum atomic E-state index is -0.0111. The van der Waals surface area contributed by atoms with Crippen molar-refractivity contribution < 1.29 is 9.90 Å². The maximum Gasteiger partial charge on any atom is 0.272 e. The molecule has 4 nitrogen and oxygen atoms in total. The molecule has 1 N–H and O–H groups in total. The second-order valence-electron chi connectivity index (χ2n) is 4.99. The molecule has 1 amide bonds. The number of amides is 1. The fourth-order valence-electron chi connectivity index (χ4n) is 2.55. The minimum Gasteiger partial charge on any atom is -0.396 e. The summed E-state index contributed by atoms with van der Waals surface area (Å²) in [6.45, 7) is 0.268. The molecule has 2 rings (SSSR count). The third-order valence-corrected chi connectivity index (χ3v) is 3.83. The quantitative estimate of drug-likeness (QED) is 0.886. The largest absolute Gasteiger partial charge is 0.396 e. The maximum absolute atomic E-state index is 12.2. The average Bonchev–Trinajstić information content (AvgIpc) is 2.47. The number of hydrogen-bond donors (Lipinski definition) is 1. The van der Waals surface area contributed by atoms with E-state index < -0.39 is 0 Å². The highest BCUT2D eigenvalue weighted by molar-refractivity contribution is 5.92. The van der Waals surface area contributed by atoms with Gasteiger partial charge in [-0.05, 0) is 43.7 Å². The molecule has 0 atom stereocenters. The number of rotatable bonds is 3. The van der Waals surface area contributed by atoms with Crippen molar-refractivity contribution >= 4 is 5.91 Å². The number of carbonyl (C=O) groups excluding carboxylic acids is 1. The molecule has 0 aromatic carbocycles. The molecular formula is C14H20N2O2. The summed E-state index contributed by atoms with van der Waals surface area (Å²) in [7, 11) is 1.85. The summed E-state index contributed by atoms with van der Waals surface area (Å²) in [5, 5.41) is 9.11. The Morgan fingerprint density at radius 1 is 1.39 bits per heavy atom. The van der Waals surface area contributed by atoms with Crippen LogP contribution in [0, 0.1) is 5.92 Å². The summed E-state index contributed by atoms with van der Waals surface area (Å²) in [6, 6.07) is 5.67. The summed E-state index contributed by atoms with van der Waals surface area (Å²) < 4.78 is 0. The first kappa shape index (κ1) is 13.0. The molecule has 4 heteroatoms. The van der Waals surface area contributed by atoms with Crippen LogP contribution < -0.4 is 0 Å². The highest BCUT2D eigenvalue weighted by atomic mass is 16.3. The van der Waals surface area contributed by atoms with E-state index in [1.807, 2.05) is 19.2 Å². The third-order valence-electron chi connectivity index (χ3n) is 3.83. The van der Waals surface area contributed by atoms with E-state index >= 15 is 0 Å². The number of hydrogen-bond acceptors (Lipinski definition) is 3. The van der Waals surface area contributed by atoms with Gasteiger partial charge in [-0.25, -0.2) is 0 Å². The van der Waals surface area contributed by atoms with Crippen molar-refractivity contribution in [1.82, 2.24) is 9.88 Å². The normalized spacial score (nSPS) is 23.7. The van der Waals surface area contributed by atoms with Gasteiger partial charge in [-0.1, -0.05) is 6.07 Å². The Morgan fingerprint density at radius 3 is 2.67 bits per heavy atom. The van der Waals surface area contributed by atoms with Crippen LogP contribution in [-0.2, 0) is 0 Å². The number of aliphatic hydroxyl groups excluding tert-OH is 1. The summed E-state index contributed by atoms with van der Waals surface area (Å²) in [4.78, 5) is 18.1. The molecule has 0 spiro atoms. The molecule has 0 aliphatic heterocycles. The molecule has 1 fully saturated rings. The summed E-state index contributed by atoms with van der Waals surface area (Å²) in [5.74, 6) is 0.405. The topological polar surface area (TPSA) is 53.4 Å². The first-order valence-electron chi connectivity index (χ1n) is 6.51. The van der Waals surface area contributed by atoms with Crippen molar-refractivity contribution in [2.45, 2.75) is 31.7 Å². The summed E-state index contributed by atoms with van der Waals surface area (Å²) in [6.07, 6.45) is 5.59. The van der Waals surface area contributed by atoms with Crippen molar-refractivity contribution in [2.75, 3.05) is 13.7 Å². The molecule has 1 aromatic rings. The van der Waals surface area contributed by atoms with Gasteiger partial charge < -0.3 is 10.0 Å². The van der Waals surface area contributed by atoms with Gasteiger partial charge >= 0.3 is 0 Å². The van der Waals surface area contributed by atoms with E-state index in [-0.39, 0.29) is 18.6 Å². The monoisotopic (exact) mass is 248 g/mol. The van der Waals surface area contributed by atoms with E-state index in [1.165, 1.54) is 0 Å².